The van der Waals surface area contributed by atoms with Gasteiger partial charge < -0.3 is 10.3 Å². The van der Waals surface area contributed by atoms with Crippen LogP contribution in [0.15, 0.2) is 59.4 Å². The molecule has 3 aromatic rings. The van der Waals surface area contributed by atoms with Crippen LogP contribution in [-0.2, 0) is 6.42 Å². The normalized spacial score (nSPS) is 10.6. The van der Waals surface area contributed by atoms with Crippen LogP contribution in [0.3, 0.4) is 0 Å². The first-order chi connectivity index (χ1) is 12.0. The van der Waals surface area contributed by atoms with E-state index in [1.165, 1.54) is 12.1 Å². The molecule has 0 aliphatic rings. The Morgan fingerprint density at radius 1 is 1.12 bits per heavy atom. The molecule has 1 aromatic heterocycles. The van der Waals surface area contributed by atoms with Gasteiger partial charge in [0.05, 0.1) is 4.92 Å². The van der Waals surface area contributed by atoms with Crippen LogP contribution >= 0.6 is 0 Å². The Morgan fingerprint density at radius 2 is 1.84 bits per heavy atom. The van der Waals surface area contributed by atoms with E-state index in [0.717, 1.165) is 10.9 Å². The molecule has 0 aliphatic carbocycles. The molecule has 7 nitrogen and oxygen atoms in total. The van der Waals surface area contributed by atoms with E-state index >= 15 is 0 Å². The molecule has 0 saturated carbocycles. The molecule has 25 heavy (non-hydrogen) atoms. The molecule has 2 N–H and O–H groups in total. The average Bonchev–Trinajstić information content (AvgIpc) is 2.61. The number of non-ortho nitro benzene ring substituents is 1. The number of benzene rings is 2. The van der Waals surface area contributed by atoms with Crippen LogP contribution in [0.2, 0.25) is 0 Å². The Hall–Kier alpha value is -3.48. The zero-order chi connectivity index (χ0) is 17.8. The van der Waals surface area contributed by atoms with Gasteiger partial charge in [0.15, 0.2) is 0 Å². The van der Waals surface area contributed by atoms with Gasteiger partial charge in [-0.15, -0.1) is 0 Å². The molecule has 0 fully saturated rings. The minimum atomic E-state index is -0.461. The molecule has 0 saturated heterocycles. The fraction of sp³-hybridized carbons (Fsp3) is 0.111. The lowest BCUT2D eigenvalue weighted by molar-refractivity contribution is -0.384. The predicted octanol–water partition coefficient (Wildman–Crippen LogP) is 2.41. The van der Waals surface area contributed by atoms with Crippen molar-refractivity contribution in [2.45, 2.75) is 6.42 Å². The maximum atomic E-state index is 12.2. The Balaban J connectivity index is 1.65. The molecule has 0 spiro atoms. The van der Waals surface area contributed by atoms with E-state index in [2.05, 4.69) is 10.3 Å². The first-order valence-corrected chi connectivity index (χ1v) is 7.68. The van der Waals surface area contributed by atoms with Crippen molar-refractivity contribution in [2.75, 3.05) is 6.54 Å². The van der Waals surface area contributed by atoms with E-state index in [-0.39, 0.29) is 11.3 Å². The Labute approximate surface area is 142 Å². The van der Waals surface area contributed by atoms with Crippen molar-refractivity contribution in [2.24, 2.45) is 0 Å². The molecular weight excluding hydrogens is 322 g/mol. The first kappa shape index (κ1) is 16.4. The van der Waals surface area contributed by atoms with Crippen LogP contribution in [-0.4, -0.2) is 22.4 Å². The van der Waals surface area contributed by atoms with Crippen molar-refractivity contribution in [3.63, 3.8) is 0 Å². The largest absolute Gasteiger partial charge is 0.352 e. The number of amides is 1. The Bertz CT molecular complexity index is 993. The summed E-state index contributed by atoms with van der Waals surface area (Å²) < 4.78 is 0. The molecule has 0 bridgehead atoms. The van der Waals surface area contributed by atoms with Crippen LogP contribution in [0, 0.1) is 10.1 Å². The summed E-state index contributed by atoms with van der Waals surface area (Å²) in [7, 11) is 0. The summed E-state index contributed by atoms with van der Waals surface area (Å²) in [6.45, 7) is 0.322. The monoisotopic (exact) mass is 337 g/mol. The smallest absolute Gasteiger partial charge is 0.269 e. The SMILES string of the molecule is O=C(NCCc1ccc([N+](=O)[O-])cc1)c1cc2ccccc2[nH]c1=O. The van der Waals surface area contributed by atoms with Crippen molar-refractivity contribution in [3.8, 4) is 0 Å². The number of hydrogen-bond donors (Lipinski definition) is 2. The predicted molar refractivity (Wildman–Crippen MR) is 93.7 cm³/mol. The number of aromatic amines is 1. The third-order valence-corrected chi connectivity index (χ3v) is 3.84. The summed E-state index contributed by atoms with van der Waals surface area (Å²) in [6, 6.07) is 14.9. The zero-order valence-electron chi connectivity index (χ0n) is 13.2. The summed E-state index contributed by atoms with van der Waals surface area (Å²) in [5.74, 6) is -0.450. The quantitative estimate of drug-likeness (QED) is 0.551. The summed E-state index contributed by atoms with van der Waals surface area (Å²) in [4.78, 5) is 37.1. The molecule has 126 valence electrons. The van der Waals surface area contributed by atoms with E-state index < -0.39 is 16.4 Å². The van der Waals surface area contributed by atoms with Gasteiger partial charge in [-0.1, -0.05) is 30.3 Å². The molecule has 1 heterocycles. The summed E-state index contributed by atoms with van der Waals surface area (Å²) >= 11 is 0. The lowest BCUT2D eigenvalue weighted by Crippen LogP contribution is -2.31. The molecular formula is C18H15N3O4. The molecule has 0 atom stereocenters. The summed E-state index contributed by atoms with van der Waals surface area (Å²) in [5.41, 5.74) is 1.18. The number of fused-ring (bicyclic) bond motifs is 1. The highest BCUT2D eigenvalue weighted by molar-refractivity contribution is 5.97. The maximum Gasteiger partial charge on any atom is 0.269 e. The molecule has 1 amide bonds. The van der Waals surface area contributed by atoms with E-state index in [1.807, 2.05) is 18.2 Å². The van der Waals surface area contributed by atoms with E-state index in [1.54, 1.807) is 24.3 Å². The lowest BCUT2D eigenvalue weighted by Gasteiger charge is -2.06. The van der Waals surface area contributed by atoms with Crippen LogP contribution in [0.4, 0.5) is 5.69 Å². The van der Waals surface area contributed by atoms with Gasteiger partial charge in [-0.3, -0.25) is 19.7 Å². The van der Waals surface area contributed by atoms with Crippen molar-refractivity contribution in [1.82, 2.24) is 10.3 Å². The van der Waals surface area contributed by atoms with E-state index in [4.69, 9.17) is 0 Å². The minimum Gasteiger partial charge on any atom is -0.352 e. The van der Waals surface area contributed by atoms with Gasteiger partial charge in [0.25, 0.3) is 17.2 Å². The molecule has 7 heteroatoms. The highest BCUT2D eigenvalue weighted by atomic mass is 16.6. The third kappa shape index (κ3) is 3.72. The number of carbonyl (C=O) groups is 1. The molecule has 0 aliphatic heterocycles. The number of H-pyrrole nitrogens is 1. The number of para-hydroxylation sites is 1. The zero-order valence-corrected chi connectivity index (χ0v) is 13.2. The second kappa shape index (κ2) is 6.96. The van der Waals surface area contributed by atoms with Gasteiger partial charge in [-0.05, 0) is 29.5 Å². The summed E-state index contributed by atoms with van der Waals surface area (Å²) in [6.07, 6.45) is 0.509. The lowest BCUT2D eigenvalue weighted by atomic mass is 10.1. The number of aromatic nitrogens is 1. The number of nitrogens with zero attached hydrogens (tertiary/aromatic N) is 1. The number of nitro benzene ring substituents is 1. The van der Waals surface area contributed by atoms with Crippen LogP contribution in [0.1, 0.15) is 15.9 Å². The number of nitrogens with one attached hydrogen (secondary N) is 2. The molecule has 2 aromatic carbocycles. The fourth-order valence-corrected chi connectivity index (χ4v) is 2.52. The molecule has 0 radical (unpaired) electrons. The van der Waals surface area contributed by atoms with E-state index in [9.17, 15) is 19.7 Å². The van der Waals surface area contributed by atoms with E-state index in [0.29, 0.717) is 18.5 Å². The minimum absolute atomic E-state index is 0.0236. The van der Waals surface area contributed by atoms with Crippen molar-refractivity contribution >= 4 is 22.5 Å². The summed E-state index contributed by atoms with van der Waals surface area (Å²) in [5, 5.41) is 14.1. The number of rotatable bonds is 5. The number of nitro groups is 1. The van der Waals surface area contributed by atoms with Gasteiger partial charge in [0, 0.05) is 24.2 Å². The standard InChI is InChI=1S/C18H15N3O4/c22-17(15-11-13-3-1-2-4-16(13)20-18(15)23)19-10-9-12-5-7-14(8-6-12)21(24)25/h1-8,11H,9-10H2,(H,19,22)(H,20,23). The molecule has 0 unspecified atom stereocenters. The highest BCUT2D eigenvalue weighted by Gasteiger charge is 2.11. The van der Waals surface area contributed by atoms with Crippen LogP contribution < -0.4 is 10.9 Å². The first-order valence-electron chi connectivity index (χ1n) is 7.68. The number of pyridine rings is 1. The second-order valence-electron chi connectivity index (χ2n) is 5.53. The van der Waals surface area contributed by atoms with Gasteiger partial charge >= 0.3 is 0 Å². The van der Waals surface area contributed by atoms with Gasteiger partial charge in [0.2, 0.25) is 0 Å². The van der Waals surface area contributed by atoms with Crippen molar-refractivity contribution in [1.29, 1.82) is 0 Å². The van der Waals surface area contributed by atoms with Crippen molar-refractivity contribution in [3.05, 3.63) is 86.2 Å². The fourth-order valence-electron chi connectivity index (χ4n) is 2.52. The topological polar surface area (TPSA) is 105 Å². The van der Waals surface area contributed by atoms with Gasteiger partial charge in [0.1, 0.15) is 5.56 Å². The van der Waals surface area contributed by atoms with Crippen LogP contribution in [0.5, 0.6) is 0 Å². The average molecular weight is 337 g/mol. The second-order valence-corrected chi connectivity index (χ2v) is 5.53. The Kier molecular flexibility index (Phi) is 4.56. The van der Waals surface area contributed by atoms with Gasteiger partial charge in [-0.25, -0.2) is 0 Å². The van der Waals surface area contributed by atoms with Crippen molar-refractivity contribution < 1.29 is 9.72 Å². The third-order valence-electron chi connectivity index (χ3n) is 3.84. The maximum absolute atomic E-state index is 12.2. The number of carbonyl (C=O) groups excluding carboxylic acids is 1. The number of hydrogen-bond acceptors (Lipinski definition) is 4. The van der Waals surface area contributed by atoms with Crippen LogP contribution in [0.25, 0.3) is 10.9 Å². The highest BCUT2D eigenvalue weighted by Crippen LogP contribution is 2.12. The Morgan fingerprint density at radius 3 is 2.56 bits per heavy atom. The van der Waals surface area contributed by atoms with Gasteiger partial charge in [-0.2, -0.15) is 0 Å². The molecule has 3 rings (SSSR count).